The number of ether oxygens (including phenoxy) is 2. The van der Waals surface area contributed by atoms with E-state index < -0.39 is 15.9 Å². The Balaban J connectivity index is 1.27. The number of anilines is 1. The third kappa shape index (κ3) is 4.87. The normalized spacial score (nSPS) is 20.4. The molecule has 0 saturated carbocycles. The Morgan fingerprint density at radius 3 is 2.37 bits per heavy atom. The molecule has 2 aliphatic heterocycles. The topological polar surface area (TPSA) is 124 Å². The standard InChI is InChI=1S/C24H26N4O6S/c1-15-11-16(2)14-28(13-15)35(30,31)19-6-3-17(4-7-19)22(29)25-24-27-26-23(34-24)18-5-8-20-21(12-18)33-10-9-32-20/h3-8,12,15-16H,9-11,13-14H2,1-2H3,(H,25,27,29)/t15-,16-/m1/s1. The van der Waals surface area contributed by atoms with Gasteiger partial charge in [-0.2, -0.15) is 4.31 Å². The number of carbonyl (C=O) groups is 1. The molecule has 0 unspecified atom stereocenters. The van der Waals surface area contributed by atoms with Crippen molar-refractivity contribution in [1.29, 1.82) is 0 Å². The van der Waals surface area contributed by atoms with Crippen molar-refractivity contribution >= 4 is 21.9 Å². The van der Waals surface area contributed by atoms with Gasteiger partial charge in [0.25, 0.3) is 5.91 Å². The number of carbonyl (C=O) groups excluding carboxylic acids is 1. The zero-order chi connectivity index (χ0) is 24.6. The molecule has 184 valence electrons. The highest BCUT2D eigenvalue weighted by atomic mass is 32.2. The van der Waals surface area contributed by atoms with E-state index in [1.54, 1.807) is 18.2 Å². The first kappa shape index (κ1) is 23.3. The Hall–Kier alpha value is -3.44. The van der Waals surface area contributed by atoms with Gasteiger partial charge in [-0.3, -0.25) is 10.1 Å². The molecule has 3 aromatic rings. The van der Waals surface area contributed by atoms with Gasteiger partial charge >= 0.3 is 6.01 Å². The maximum atomic E-state index is 13.1. The molecule has 1 saturated heterocycles. The molecule has 10 nitrogen and oxygen atoms in total. The summed E-state index contributed by atoms with van der Waals surface area (Å²) in [5.41, 5.74) is 0.890. The van der Waals surface area contributed by atoms with Crippen LogP contribution >= 0.6 is 0 Å². The molecule has 1 N–H and O–H groups in total. The number of rotatable bonds is 5. The minimum atomic E-state index is -3.62. The van der Waals surface area contributed by atoms with Crippen LogP contribution < -0.4 is 14.8 Å². The smallest absolute Gasteiger partial charge is 0.322 e. The Morgan fingerprint density at radius 2 is 1.66 bits per heavy atom. The first-order valence-electron chi connectivity index (χ1n) is 11.4. The number of hydrogen-bond acceptors (Lipinski definition) is 8. The highest BCUT2D eigenvalue weighted by Gasteiger charge is 2.31. The van der Waals surface area contributed by atoms with Gasteiger partial charge < -0.3 is 13.9 Å². The van der Waals surface area contributed by atoms with E-state index in [2.05, 4.69) is 29.4 Å². The van der Waals surface area contributed by atoms with Gasteiger partial charge in [-0.25, -0.2) is 8.42 Å². The van der Waals surface area contributed by atoms with Crippen molar-refractivity contribution in [2.75, 3.05) is 31.6 Å². The SMILES string of the molecule is C[C@@H]1C[C@@H](C)CN(S(=O)(=O)c2ccc(C(=O)Nc3nnc(-c4ccc5c(c4)OCCO5)o3)cc2)C1. The van der Waals surface area contributed by atoms with Gasteiger partial charge in [0.2, 0.25) is 15.9 Å². The van der Waals surface area contributed by atoms with E-state index in [0.29, 0.717) is 55.2 Å². The number of aromatic nitrogens is 2. The molecular weight excluding hydrogens is 472 g/mol. The molecule has 5 rings (SSSR count). The van der Waals surface area contributed by atoms with E-state index in [1.165, 1.54) is 28.6 Å². The van der Waals surface area contributed by atoms with Crippen molar-refractivity contribution in [3.63, 3.8) is 0 Å². The molecule has 2 aliphatic rings. The number of piperidine rings is 1. The van der Waals surface area contributed by atoms with Gasteiger partial charge in [-0.15, -0.1) is 5.10 Å². The summed E-state index contributed by atoms with van der Waals surface area (Å²) in [5, 5.41) is 10.4. The highest BCUT2D eigenvalue weighted by Crippen LogP contribution is 2.34. The number of fused-ring (bicyclic) bond motifs is 1. The summed E-state index contributed by atoms with van der Waals surface area (Å²) in [6.45, 7) is 6.06. The van der Waals surface area contributed by atoms with E-state index in [1.807, 2.05) is 0 Å². The van der Waals surface area contributed by atoms with Crippen LogP contribution in [0.4, 0.5) is 6.01 Å². The number of benzene rings is 2. The summed E-state index contributed by atoms with van der Waals surface area (Å²) < 4.78 is 44.3. The molecule has 1 fully saturated rings. The van der Waals surface area contributed by atoms with Gasteiger partial charge in [0.1, 0.15) is 13.2 Å². The predicted octanol–water partition coefficient (Wildman–Crippen LogP) is 3.43. The molecule has 2 aromatic carbocycles. The fourth-order valence-electron chi connectivity index (χ4n) is 4.47. The van der Waals surface area contributed by atoms with Crippen molar-refractivity contribution in [2.45, 2.75) is 25.2 Å². The summed E-state index contributed by atoms with van der Waals surface area (Å²) in [4.78, 5) is 12.8. The number of nitrogens with zero attached hydrogens (tertiary/aromatic N) is 3. The average Bonchev–Trinajstić information content (AvgIpc) is 3.31. The molecule has 0 bridgehead atoms. The number of hydrogen-bond donors (Lipinski definition) is 1. The van der Waals surface area contributed by atoms with E-state index in [-0.39, 0.29) is 22.4 Å². The van der Waals surface area contributed by atoms with E-state index in [4.69, 9.17) is 13.9 Å². The monoisotopic (exact) mass is 498 g/mol. The summed E-state index contributed by atoms with van der Waals surface area (Å²) in [6, 6.07) is 11.0. The van der Waals surface area contributed by atoms with Gasteiger partial charge in [-0.05, 0) is 60.7 Å². The fourth-order valence-corrected chi connectivity index (χ4v) is 6.15. The molecule has 0 spiro atoms. The van der Waals surface area contributed by atoms with Gasteiger partial charge in [-0.1, -0.05) is 18.9 Å². The van der Waals surface area contributed by atoms with Crippen molar-refractivity contribution in [3.05, 3.63) is 48.0 Å². The van der Waals surface area contributed by atoms with E-state index in [0.717, 1.165) is 6.42 Å². The fraction of sp³-hybridized carbons (Fsp3) is 0.375. The van der Waals surface area contributed by atoms with Crippen LogP contribution in [0.3, 0.4) is 0 Å². The quantitative estimate of drug-likeness (QED) is 0.567. The lowest BCUT2D eigenvalue weighted by Gasteiger charge is -2.34. The summed E-state index contributed by atoms with van der Waals surface area (Å²) in [5.74, 6) is 1.55. The zero-order valence-electron chi connectivity index (χ0n) is 19.4. The first-order valence-corrected chi connectivity index (χ1v) is 12.9. The lowest BCUT2D eigenvalue weighted by molar-refractivity contribution is 0.102. The van der Waals surface area contributed by atoms with Crippen LogP contribution in [0.15, 0.2) is 51.8 Å². The van der Waals surface area contributed by atoms with Crippen molar-refractivity contribution in [2.24, 2.45) is 11.8 Å². The second-order valence-electron chi connectivity index (χ2n) is 9.02. The Bertz CT molecular complexity index is 1330. The first-order chi connectivity index (χ1) is 16.8. The second kappa shape index (κ2) is 9.31. The maximum Gasteiger partial charge on any atom is 0.322 e. The van der Waals surface area contributed by atoms with E-state index in [9.17, 15) is 13.2 Å². The van der Waals surface area contributed by atoms with Gasteiger partial charge in [0, 0.05) is 24.2 Å². The second-order valence-corrected chi connectivity index (χ2v) is 11.0. The molecule has 1 aromatic heterocycles. The molecule has 3 heterocycles. The summed E-state index contributed by atoms with van der Waals surface area (Å²) in [7, 11) is -3.62. The average molecular weight is 499 g/mol. The number of amides is 1. The predicted molar refractivity (Wildman–Crippen MR) is 127 cm³/mol. The molecule has 1 amide bonds. The maximum absolute atomic E-state index is 13.1. The Morgan fingerprint density at radius 1 is 0.971 bits per heavy atom. The van der Waals surface area contributed by atoms with Crippen molar-refractivity contribution < 1.29 is 27.1 Å². The summed E-state index contributed by atoms with van der Waals surface area (Å²) in [6.07, 6.45) is 1.01. The summed E-state index contributed by atoms with van der Waals surface area (Å²) >= 11 is 0. The minimum absolute atomic E-state index is 0.0760. The molecular formula is C24H26N4O6S. The largest absolute Gasteiger partial charge is 0.486 e. The molecule has 35 heavy (non-hydrogen) atoms. The number of nitrogens with one attached hydrogen (secondary N) is 1. The lowest BCUT2D eigenvalue weighted by Crippen LogP contribution is -2.42. The lowest BCUT2D eigenvalue weighted by atomic mass is 9.94. The third-order valence-electron chi connectivity index (χ3n) is 6.02. The molecule has 2 atom stereocenters. The van der Waals surface area contributed by atoms with Crippen LogP contribution in [-0.4, -0.2) is 55.1 Å². The minimum Gasteiger partial charge on any atom is -0.486 e. The van der Waals surface area contributed by atoms with Crippen LogP contribution in [0, 0.1) is 11.8 Å². The third-order valence-corrected chi connectivity index (χ3v) is 7.87. The van der Waals surface area contributed by atoms with Crippen LogP contribution in [0.1, 0.15) is 30.6 Å². The number of sulfonamides is 1. The van der Waals surface area contributed by atoms with Crippen molar-refractivity contribution in [3.8, 4) is 23.0 Å². The van der Waals surface area contributed by atoms with Crippen molar-refractivity contribution in [1.82, 2.24) is 14.5 Å². The van der Waals surface area contributed by atoms with Crippen LogP contribution in [0.25, 0.3) is 11.5 Å². The van der Waals surface area contributed by atoms with Crippen LogP contribution in [0.5, 0.6) is 11.5 Å². The van der Waals surface area contributed by atoms with Gasteiger partial charge in [0.05, 0.1) is 4.90 Å². The van der Waals surface area contributed by atoms with Crippen LogP contribution in [-0.2, 0) is 10.0 Å². The Kier molecular flexibility index (Phi) is 6.20. The van der Waals surface area contributed by atoms with E-state index >= 15 is 0 Å². The Labute approximate surface area is 203 Å². The highest BCUT2D eigenvalue weighted by molar-refractivity contribution is 7.89. The van der Waals surface area contributed by atoms with Gasteiger partial charge in [0.15, 0.2) is 11.5 Å². The molecule has 11 heteroatoms. The molecule has 0 radical (unpaired) electrons. The van der Waals surface area contributed by atoms with Crippen LogP contribution in [0.2, 0.25) is 0 Å². The molecule has 0 aliphatic carbocycles. The zero-order valence-corrected chi connectivity index (χ0v) is 20.2.